The number of hydrogen-bond donors (Lipinski definition) is 1. The maximum absolute atomic E-state index is 13.0. The summed E-state index contributed by atoms with van der Waals surface area (Å²) in [7, 11) is -3.72. The van der Waals surface area contributed by atoms with Gasteiger partial charge in [0.25, 0.3) is 0 Å². The van der Waals surface area contributed by atoms with E-state index in [0.29, 0.717) is 29.9 Å². The molecule has 3 heterocycles. The molecule has 0 unspecified atom stereocenters. The van der Waals surface area contributed by atoms with E-state index in [1.165, 1.54) is 22.5 Å². The lowest BCUT2D eigenvalue weighted by Crippen LogP contribution is -2.44. The fourth-order valence-corrected chi connectivity index (χ4v) is 4.52. The lowest BCUT2D eigenvalue weighted by Gasteiger charge is -2.31. The summed E-state index contributed by atoms with van der Waals surface area (Å²) in [6.07, 6.45) is 2.65. The van der Waals surface area contributed by atoms with E-state index in [1.807, 2.05) is 0 Å². The largest absolute Gasteiger partial charge is 0.472 e. The van der Waals surface area contributed by atoms with Crippen LogP contribution in [-0.2, 0) is 10.0 Å². The van der Waals surface area contributed by atoms with E-state index in [-0.39, 0.29) is 17.5 Å². The molecule has 136 valence electrons. The number of ether oxygens (including phenoxy) is 1. The van der Waals surface area contributed by atoms with E-state index in [1.54, 1.807) is 18.3 Å². The number of H-pyrrole nitrogens is 1. The first-order valence-corrected chi connectivity index (χ1v) is 9.54. The predicted molar refractivity (Wildman–Crippen MR) is 91.3 cm³/mol. The van der Waals surface area contributed by atoms with Crippen molar-refractivity contribution in [1.29, 1.82) is 0 Å². The van der Waals surface area contributed by atoms with Gasteiger partial charge in [-0.2, -0.15) is 9.40 Å². The van der Waals surface area contributed by atoms with Gasteiger partial charge in [0, 0.05) is 18.8 Å². The standard InChI is InChI=1S/C16H16N4O5S/c21-16-18-13-9-12(5-6-14(13)25-16)26(22,23)20-8-2-3-11(10-20)24-15-4-1-7-17-19-15/h1,4-7,9,11H,2-3,8,10H2,(H,18,21)/t11-/m0/s1. The van der Waals surface area contributed by atoms with E-state index in [9.17, 15) is 13.2 Å². The Kier molecular flexibility index (Phi) is 4.21. The fraction of sp³-hybridized carbons (Fsp3) is 0.312. The predicted octanol–water partition coefficient (Wildman–Crippen LogP) is 1.14. The van der Waals surface area contributed by atoms with Crippen molar-refractivity contribution < 1.29 is 17.6 Å². The Morgan fingerprint density at radius 2 is 2.19 bits per heavy atom. The number of nitrogens with zero attached hydrogens (tertiary/aromatic N) is 3. The van der Waals surface area contributed by atoms with Crippen LogP contribution >= 0.6 is 0 Å². The number of aromatic amines is 1. The summed E-state index contributed by atoms with van der Waals surface area (Å²) in [6, 6.07) is 7.70. The van der Waals surface area contributed by atoms with Crippen molar-refractivity contribution >= 4 is 21.1 Å². The minimum atomic E-state index is -3.72. The van der Waals surface area contributed by atoms with Crippen LogP contribution in [-0.4, -0.2) is 47.1 Å². The summed E-state index contributed by atoms with van der Waals surface area (Å²) < 4.78 is 38.0. The van der Waals surface area contributed by atoms with Crippen LogP contribution in [0.2, 0.25) is 0 Å². The number of nitrogens with one attached hydrogen (secondary N) is 1. The number of aromatic nitrogens is 3. The zero-order chi connectivity index (χ0) is 18.1. The molecule has 1 atom stereocenters. The van der Waals surface area contributed by atoms with Gasteiger partial charge in [-0.1, -0.05) is 0 Å². The summed E-state index contributed by atoms with van der Waals surface area (Å²) in [4.78, 5) is 13.8. The topological polar surface area (TPSA) is 118 Å². The maximum atomic E-state index is 13.0. The van der Waals surface area contributed by atoms with Crippen LogP contribution in [0.3, 0.4) is 0 Å². The Morgan fingerprint density at radius 3 is 3.00 bits per heavy atom. The molecule has 0 aliphatic carbocycles. The molecule has 1 aliphatic heterocycles. The van der Waals surface area contributed by atoms with E-state index < -0.39 is 15.8 Å². The molecule has 1 aromatic carbocycles. The summed E-state index contributed by atoms with van der Waals surface area (Å²) in [5.41, 5.74) is 0.664. The van der Waals surface area contributed by atoms with Gasteiger partial charge in [0.05, 0.1) is 17.0 Å². The molecule has 9 nitrogen and oxygen atoms in total. The Morgan fingerprint density at radius 1 is 1.31 bits per heavy atom. The maximum Gasteiger partial charge on any atom is 0.417 e. The van der Waals surface area contributed by atoms with Gasteiger partial charge in [-0.3, -0.25) is 4.98 Å². The lowest BCUT2D eigenvalue weighted by molar-refractivity contribution is 0.123. The molecule has 2 aromatic heterocycles. The van der Waals surface area contributed by atoms with Gasteiger partial charge in [0.1, 0.15) is 6.10 Å². The van der Waals surface area contributed by atoms with Crippen LogP contribution in [0.25, 0.3) is 11.1 Å². The van der Waals surface area contributed by atoms with Crippen LogP contribution < -0.4 is 10.5 Å². The van der Waals surface area contributed by atoms with E-state index >= 15 is 0 Å². The van der Waals surface area contributed by atoms with Crippen LogP contribution in [0.15, 0.2) is 50.6 Å². The number of rotatable bonds is 4. The average molecular weight is 376 g/mol. The molecule has 3 aromatic rings. The number of piperidine rings is 1. The molecule has 4 rings (SSSR count). The van der Waals surface area contributed by atoms with Gasteiger partial charge in [-0.05, 0) is 37.1 Å². The second-order valence-corrected chi connectivity index (χ2v) is 7.92. The first kappa shape index (κ1) is 16.7. The number of hydrogen-bond acceptors (Lipinski definition) is 7. The Labute approximate surface area is 148 Å². The van der Waals surface area contributed by atoms with Crippen molar-refractivity contribution in [2.24, 2.45) is 0 Å². The molecular weight excluding hydrogens is 360 g/mol. The van der Waals surface area contributed by atoms with Crippen LogP contribution in [0.1, 0.15) is 12.8 Å². The van der Waals surface area contributed by atoms with Gasteiger partial charge in [0.2, 0.25) is 15.9 Å². The lowest BCUT2D eigenvalue weighted by atomic mass is 10.1. The molecule has 26 heavy (non-hydrogen) atoms. The highest BCUT2D eigenvalue weighted by Crippen LogP contribution is 2.24. The highest BCUT2D eigenvalue weighted by molar-refractivity contribution is 7.89. The third-order valence-corrected chi connectivity index (χ3v) is 6.07. The van der Waals surface area contributed by atoms with Crippen molar-refractivity contribution in [2.45, 2.75) is 23.8 Å². The first-order chi connectivity index (χ1) is 12.5. The van der Waals surface area contributed by atoms with E-state index in [4.69, 9.17) is 9.15 Å². The summed E-state index contributed by atoms with van der Waals surface area (Å²) in [5, 5.41) is 7.62. The van der Waals surface area contributed by atoms with E-state index in [2.05, 4.69) is 15.2 Å². The third-order valence-electron chi connectivity index (χ3n) is 4.20. The summed E-state index contributed by atoms with van der Waals surface area (Å²) in [6.45, 7) is 0.626. The third kappa shape index (κ3) is 3.20. The van der Waals surface area contributed by atoms with Gasteiger partial charge < -0.3 is 9.15 Å². The number of fused-ring (bicyclic) bond motifs is 1. The number of benzene rings is 1. The Balaban J connectivity index is 1.56. The van der Waals surface area contributed by atoms with Gasteiger partial charge in [0.15, 0.2) is 5.58 Å². The minimum absolute atomic E-state index is 0.0993. The molecule has 0 radical (unpaired) electrons. The molecule has 1 fully saturated rings. The number of oxazole rings is 1. The van der Waals surface area contributed by atoms with Crippen molar-refractivity contribution in [1.82, 2.24) is 19.5 Å². The minimum Gasteiger partial charge on any atom is -0.472 e. The second kappa shape index (κ2) is 6.54. The van der Waals surface area contributed by atoms with Crippen molar-refractivity contribution in [2.75, 3.05) is 13.1 Å². The van der Waals surface area contributed by atoms with Crippen molar-refractivity contribution in [3.8, 4) is 5.88 Å². The quantitative estimate of drug-likeness (QED) is 0.725. The normalized spacial score (nSPS) is 18.8. The SMILES string of the molecule is O=c1[nH]c2cc(S(=O)(=O)N3CCC[C@H](Oc4cccnn4)C3)ccc2o1. The molecule has 1 aliphatic rings. The molecule has 1 saturated heterocycles. The van der Waals surface area contributed by atoms with Crippen LogP contribution in [0.5, 0.6) is 5.88 Å². The fourth-order valence-electron chi connectivity index (χ4n) is 2.98. The molecule has 0 amide bonds. The van der Waals surface area contributed by atoms with Gasteiger partial charge in [-0.25, -0.2) is 13.2 Å². The molecule has 0 saturated carbocycles. The Bertz CT molecular complexity index is 1080. The highest BCUT2D eigenvalue weighted by atomic mass is 32.2. The second-order valence-electron chi connectivity index (χ2n) is 5.98. The van der Waals surface area contributed by atoms with Crippen LogP contribution in [0.4, 0.5) is 0 Å². The zero-order valence-electron chi connectivity index (χ0n) is 13.7. The molecule has 0 bridgehead atoms. The van der Waals surface area contributed by atoms with Gasteiger partial charge in [-0.15, -0.1) is 5.10 Å². The highest BCUT2D eigenvalue weighted by Gasteiger charge is 2.31. The summed E-state index contributed by atoms with van der Waals surface area (Å²) in [5.74, 6) is -0.251. The molecule has 1 N–H and O–H groups in total. The van der Waals surface area contributed by atoms with Crippen molar-refractivity contribution in [3.63, 3.8) is 0 Å². The van der Waals surface area contributed by atoms with Gasteiger partial charge >= 0.3 is 5.76 Å². The summed E-state index contributed by atoms with van der Waals surface area (Å²) >= 11 is 0. The molecule has 0 spiro atoms. The zero-order valence-corrected chi connectivity index (χ0v) is 14.5. The molecular formula is C16H16N4O5S. The monoisotopic (exact) mass is 376 g/mol. The Hall–Kier alpha value is -2.72. The smallest absolute Gasteiger partial charge is 0.417 e. The first-order valence-electron chi connectivity index (χ1n) is 8.10. The average Bonchev–Trinajstić information content (AvgIpc) is 3.02. The van der Waals surface area contributed by atoms with Crippen LogP contribution in [0, 0.1) is 0 Å². The molecule has 10 heteroatoms. The number of sulfonamides is 1. The van der Waals surface area contributed by atoms with E-state index in [0.717, 1.165) is 6.42 Å². The van der Waals surface area contributed by atoms with Crippen molar-refractivity contribution in [3.05, 3.63) is 47.1 Å².